The van der Waals surface area contributed by atoms with Crippen LogP contribution in [0, 0.1) is 11.8 Å². The number of hydrogen-bond donors (Lipinski definition) is 0. The first kappa shape index (κ1) is 16.2. The molecule has 1 atom stereocenters. The Hall–Kier alpha value is -1.84. The summed E-state index contributed by atoms with van der Waals surface area (Å²) in [6.45, 7) is 7.63. The van der Waals surface area contributed by atoms with E-state index in [-0.39, 0.29) is 35.3 Å². The van der Waals surface area contributed by atoms with Gasteiger partial charge in [0.25, 0.3) is 0 Å². The Morgan fingerprint density at radius 1 is 1.05 bits per heavy atom. The molecule has 0 aliphatic rings. The van der Waals surface area contributed by atoms with Crippen LogP contribution in [-0.4, -0.2) is 11.9 Å². The third kappa shape index (κ3) is 4.68. The van der Waals surface area contributed by atoms with E-state index in [2.05, 4.69) is 0 Å². The fourth-order valence-electron chi connectivity index (χ4n) is 1.47. The summed E-state index contributed by atoms with van der Waals surface area (Å²) in [4.78, 5) is 23.5. The summed E-state index contributed by atoms with van der Waals surface area (Å²) in [7, 11) is 0. The predicted octanol–water partition coefficient (Wildman–Crippen LogP) is 3.59. The van der Waals surface area contributed by atoms with Crippen LogP contribution in [-0.2, 0) is 9.59 Å². The summed E-state index contributed by atoms with van der Waals surface area (Å²) in [5.74, 6) is -0.0942. The Labute approximate surface area is 120 Å². The lowest BCUT2D eigenvalue weighted by Crippen LogP contribution is -2.22. The van der Waals surface area contributed by atoms with Crippen LogP contribution in [0.25, 0.3) is 0 Å². The van der Waals surface area contributed by atoms with Gasteiger partial charge in [0.2, 0.25) is 0 Å². The zero-order chi connectivity index (χ0) is 15.1. The zero-order valence-electron chi connectivity index (χ0n) is 12.5. The number of carbonyl (C=O) groups is 2. The minimum Gasteiger partial charge on any atom is -0.423 e. The second-order valence-corrected chi connectivity index (χ2v) is 5.12. The first-order valence-electron chi connectivity index (χ1n) is 6.97. The molecule has 0 fully saturated rings. The second-order valence-electron chi connectivity index (χ2n) is 5.12. The molecule has 0 saturated carbocycles. The molecule has 20 heavy (non-hydrogen) atoms. The number of esters is 2. The zero-order valence-corrected chi connectivity index (χ0v) is 12.5. The SMILES string of the molecule is CCCC(=O)Oc1ccccc1OC(=O)C(C)C(C)C. The van der Waals surface area contributed by atoms with E-state index < -0.39 is 0 Å². The number of ether oxygens (including phenoxy) is 2. The van der Waals surface area contributed by atoms with Crippen LogP contribution in [0.3, 0.4) is 0 Å². The fourth-order valence-corrected chi connectivity index (χ4v) is 1.47. The highest BCUT2D eigenvalue weighted by Gasteiger charge is 2.20. The molecule has 0 amide bonds. The Kier molecular flexibility index (Phi) is 6.22. The average Bonchev–Trinajstić information content (AvgIpc) is 2.40. The summed E-state index contributed by atoms with van der Waals surface area (Å²) < 4.78 is 10.5. The van der Waals surface area contributed by atoms with Crippen LogP contribution in [0.4, 0.5) is 0 Å². The van der Waals surface area contributed by atoms with Gasteiger partial charge in [-0.05, 0) is 24.5 Å². The van der Waals surface area contributed by atoms with Crippen LogP contribution in [0.2, 0.25) is 0 Å². The van der Waals surface area contributed by atoms with Crippen LogP contribution in [0.5, 0.6) is 11.5 Å². The van der Waals surface area contributed by atoms with Crippen molar-refractivity contribution in [1.82, 2.24) is 0 Å². The topological polar surface area (TPSA) is 52.6 Å². The molecule has 0 heterocycles. The lowest BCUT2D eigenvalue weighted by atomic mass is 9.99. The van der Waals surface area contributed by atoms with Crippen LogP contribution >= 0.6 is 0 Å². The first-order valence-corrected chi connectivity index (χ1v) is 6.97. The van der Waals surface area contributed by atoms with Crippen molar-refractivity contribution in [3.05, 3.63) is 24.3 Å². The van der Waals surface area contributed by atoms with E-state index in [1.54, 1.807) is 24.3 Å². The van der Waals surface area contributed by atoms with E-state index in [0.717, 1.165) is 0 Å². The van der Waals surface area contributed by atoms with E-state index in [4.69, 9.17) is 9.47 Å². The molecule has 4 heteroatoms. The molecule has 0 aromatic heterocycles. The molecular formula is C16H22O4. The minimum absolute atomic E-state index is 0.192. The first-order chi connectivity index (χ1) is 9.45. The molecule has 0 aliphatic carbocycles. The van der Waals surface area contributed by atoms with Crippen molar-refractivity contribution in [3.63, 3.8) is 0 Å². The van der Waals surface area contributed by atoms with Crippen molar-refractivity contribution in [2.24, 2.45) is 11.8 Å². The molecule has 1 unspecified atom stereocenters. The maximum Gasteiger partial charge on any atom is 0.314 e. The summed E-state index contributed by atoms with van der Waals surface area (Å²) in [6, 6.07) is 6.72. The number of hydrogen-bond acceptors (Lipinski definition) is 4. The Bertz CT molecular complexity index is 465. The lowest BCUT2D eigenvalue weighted by molar-refractivity contribution is -0.141. The molecule has 4 nitrogen and oxygen atoms in total. The maximum absolute atomic E-state index is 12.0. The molecule has 110 valence electrons. The minimum atomic E-state index is -0.326. The van der Waals surface area contributed by atoms with E-state index in [0.29, 0.717) is 12.8 Å². The monoisotopic (exact) mass is 278 g/mol. The van der Waals surface area contributed by atoms with Gasteiger partial charge in [-0.15, -0.1) is 0 Å². The van der Waals surface area contributed by atoms with Gasteiger partial charge in [0.1, 0.15) is 0 Å². The summed E-state index contributed by atoms with van der Waals surface area (Å²) in [5.41, 5.74) is 0. The third-order valence-corrected chi connectivity index (χ3v) is 3.11. The quantitative estimate of drug-likeness (QED) is 0.589. The van der Waals surface area contributed by atoms with Gasteiger partial charge < -0.3 is 9.47 Å². The molecule has 0 spiro atoms. The molecule has 0 radical (unpaired) electrons. The lowest BCUT2D eigenvalue weighted by Gasteiger charge is -2.15. The summed E-state index contributed by atoms with van der Waals surface area (Å²) in [6.07, 6.45) is 1.05. The Balaban J connectivity index is 2.80. The van der Waals surface area contributed by atoms with Crippen molar-refractivity contribution in [1.29, 1.82) is 0 Å². The van der Waals surface area contributed by atoms with Crippen LogP contribution < -0.4 is 9.47 Å². The predicted molar refractivity (Wildman–Crippen MR) is 76.6 cm³/mol. The average molecular weight is 278 g/mol. The van der Waals surface area contributed by atoms with Crippen LogP contribution in [0.15, 0.2) is 24.3 Å². The highest BCUT2D eigenvalue weighted by Crippen LogP contribution is 2.28. The van der Waals surface area contributed by atoms with Crippen molar-refractivity contribution in [2.75, 3.05) is 0 Å². The van der Waals surface area contributed by atoms with Gasteiger partial charge in [0.15, 0.2) is 11.5 Å². The maximum atomic E-state index is 12.0. The molecular weight excluding hydrogens is 256 g/mol. The summed E-state index contributed by atoms with van der Waals surface area (Å²) in [5, 5.41) is 0. The van der Waals surface area contributed by atoms with Gasteiger partial charge in [0, 0.05) is 6.42 Å². The Morgan fingerprint density at radius 3 is 2.10 bits per heavy atom. The number of para-hydroxylation sites is 2. The van der Waals surface area contributed by atoms with Gasteiger partial charge in [-0.2, -0.15) is 0 Å². The van der Waals surface area contributed by atoms with E-state index >= 15 is 0 Å². The molecule has 1 rings (SSSR count). The molecule has 0 bridgehead atoms. The van der Waals surface area contributed by atoms with E-state index in [1.165, 1.54) is 0 Å². The molecule has 0 aliphatic heterocycles. The van der Waals surface area contributed by atoms with Crippen molar-refractivity contribution in [3.8, 4) is 11.5 Å². The van der Waals surface area contributed by atoms with Crippen molar-refractivity contribution >= 4 is 11.9 Å². The van der Waals surface area contributed by atoms with E-state index in [9.17, 15) is 9.59 Å². The highest BCUT2D eigenvalue weighted by molar-refractivity contribution is 5.77. The number of rotatable bonds is 6. The second kappa shape index (κ2) is 7.68. The Morgan fingerprint density at radius 2 is 1.60 bits per heavy atom. The van der Waals surface area contributed by atoms with Gasteiger partial charge in [-0.1, -0.05) is 39.8 Å². The normalized spacial score (nSPS) is 12.1. The van der Waals surface area contributed by atoms with Crippen LogP contribution in [0.1, 0.15) is 40.5 Å². The molecule has 1 aromatic carbocycles. The fraction of sp³-hybridized carbons (Fsp3) is 0.500. The largest absolute Gasteiger partial charge is 0.423 e. The van der Waals surface area contributed by atoms with Crippen molar-refractivity contribution in [2.45, 2.75) is 40.5 Å². The number of benzene rings is 1. The van der Waals surface area contributed by atoms with Gasteiger partial charge in [-0.25, -0.2) is 0 Å². The molecule has 0 N–H and O–H groups in total. The highest BCUT2D eigenvalue weighted by atomic mass is 16.6. The number of carbonyl (C=O) groups excluding carboxylic acids is 2. The summed E-state index contributed by atoms with van der Waals surface area (Å²) >= 11 is 0. The molecule has 1 aromatic rings. The van der Waals surface area contributed by atoms with E-state index in [1.807, 2.05) is 27.7 Å². The van der Waals surface area contributed by atoms with Gasteiger partial charge in [0.05, 0.1) is 5.92 Å². The third-order valence-electron chi connectivity index (χ3n) is 3.11. The smallest absolute Gasteiger partial charge is 0.314 e. The van der Waals surface area contributed by atoms with Gasteiger partial charge >= 0.3 is 11.9 Å². The molecule has 0 saturated heterocycles. The van der Waals surface area contributed by atoms with Gasteiger partial charge in [-0.3, -0.25) is 9.59 Å². The van der Waals surface area contributed by atoms with Crippen molar-refractivity contribution < 1.29 is 19.1 Å². The standard InChI is InChI=1S/C16H22O4/c1-5-8-15(17)19-13-9-6-7-10-14(13)20-16(18)12(4)11(2)3/h6-7,9-12H,5,8H2,1-4H3.